The zero-order chi connectivity index (χ0) is 23.8. The molecular formula is C28H33FN4. The van der Waals surface area contributed by atoms with Gasteiger partial charge in [0.1, 0.15) is 0 Å². The molecule has 5 heteroatoms. The summed E-state index contributed by atoms with van der Waals surface area (Å²) in [6.45, 7) is 16.2. The van der Waals surface area contributed by atoms with Crippen molar-refractivity contribution in [2.24, 2.45) is 0 Å². The normalized spacial score (nSPS) is 10.7. The van der Waals surface area contributed by atoms with E-state index in [0.29, 0.717) is 11.3 Å². The minimum absolute atomic E-state index is 0.525. The van der Waals surface area contributed by atoms with Gasteiger partial charge in [-0.05, 0) is 62.1 Å². The maximum Gasteiger partial charge on any atom is 0.213 e. The Balaban J connectivity index is 1.95. The van der Waals surface area contributed by atoms with Gasteiger partial charge < -0.3 is 10.2 Å². The maximum absolute atomic E-state index is 13.5. The summed E-state index contributed by atoms with van der Waals surface area (Å²) < 4.78 is 13.5. The van der Waals surface area contributed by atoms with Crippen LogP contribution in [0.2, 0.25) is 0 Å². The van der Waals surface area contributed by atoms with Crippen molar-refractivity contribution in [3.8, 4) is 11.1 Å². The fourth-order valence-electron chi connectivity index (χ4n) is 3.88. The van der Waals surface area contributed by atoms with Gasteiger partial charge in [-0.25, -0.2) is 4.98 Å². The van der Waals surface area contributed by atoms with Crippen molar-refractivity contribution < 1.29 is 4.39 Å². The van der Waals surface area contributed by atoms with E-state index in [9.17, 15) is 4.39 Å². The molecule has 1 N–H and O–H groups in total. The highest BCUT2D eigenvalue weighted by Gasteiger charge is 2.14. The predicted molar refractivity (Wildman–Crippen MR) is 138 cm³/mol. The van der Waals surface area contributed by atoms with Crippen molar-refractivity contribution in [2.45, 2.75) is 40.0 Å². The molecule has 0 spiro atoms. The molecule has 0 aliphatic rings. The molecule has 0 saturated heterocycles. The first-order valence-electron chi connectivity index (χ1n) is 11.5. The van der Waals surface area contributed by atoms with E-state index in [1.165, 1.54) is 18.0 Å². The second-order valence-electron chi connectivity index (χ2n) is 8.10. The molecule has 0 saturated carbocycles. The van der Waals surface area contributed by atoms with Crippen LogP contribution in [0.15, 0.2) is 68.0 Å². The minimum Gasteiger partial charge on any atom is -0.370 e. The van der Waals surface area contributed by atoms with Crippen molar-refractivity contribution in [3.63, 3.8) is 0 Å². The molecule has 3 rings (SSSR count). The Labute approximate surface area is 196 Å². The summed E-state index contributed by atoms with van der Waals surface area (Å²) in [6.07, 6.45) is 8.29. The Morgan fingerprint density at radius 3 is 2.67 bits per heavy atom. The fourth-order valence-corrected chi connectivity index (χ4v) is 3.88. The fraction of sp³-hybridized carbons (Fsp3) is 0.286. The number of nitrogens with zero attached hydrogens (tertiary/aromatic N) is 3. The molecule has 172 valence electrons. The van der Waals surface area contributed by atoms with Gasteiger partial charge in [0.2, 0.25) is 5.95 Å². The number of aryl methyl sites for hydroxylation is 2. The Hall–Kier alpha value is -3.47. The Morgan fingerprint density at radius 2 is 1.97 bits per heavy atom. The van der Waals surface area contributed by atoms with Gasteiger partial charge in [-0.1, -0.05) is 32.1 Å². The third-order valence-electron chi connectivity index (χ3n) is 5.68. The first-order chi connectivity index (χ1) is 16.0. The van der Waals surface area contributed by atoms with Crippen molar-refractivity contribution in [2.75, 3.05) is 23.3 Å². The van der Waals surface area contributed by atoms with Gasteiger partial charge in [-0.2, -0.15) is 4.39 Å². The van der Waals surface area contributed by atoms with Crippen LogP contribution in [0, 0.1) is 12.9 Å². The Morgan fingerprint density at radius 1 is 1.15 bits per heavy atom. The molecule has 0 fully saturated rings. The SMILES string of the molecule is C=CCCN(CC)c1cc(-c2cc(NC(=C)c3ccnc(F)c3)ccc2C)cnc1CCC. The van der Waals surface area contributed by atoms with Gasteiger partial charge in [0.25, 0.3) is 0 Å². The van der Waals surface area contributed by atoms with Gasteiger partial charge in [-0.3, -0.25) is 4.98 Å². The summed E-state index contributed by atoms with van der Waals surface area (Å²) in [6, 6.07) is 11.5. The number of pyridine rings is 2. The molecule has 0 aliphatic carbocycles. The molecule has 33 heavy (non-hydrogen) atoms. The zero-order valence-corrected chi connectivity index (χ0v) is 19.9. The average molecular weight is 445 g/mol. The van der Waals surface area contributed by atoms with Crippen LogP contribution in [0.1, 0.15) is 43.5 Å². The van der Waals surface area contributed by atoms with E-state index in [0.717, 1.165) is 60.4 Å². The van der Waals surface area contributed by atoms with E-state index in [4.69, 9.17) is 4.98 Å². The highest BCUT2D eigenvalue weighted by Crippen LogP contribution is 2.32. The highest BCUT2D eigenvalue weighted by molar-refractivity contribution is 5.80. The molecule has 0 unspecified atom stereocenters. The molecular weight excluding hydrogens is 411 g/mol. The molecule has 0 atom stereocenters. The van der Waals surface area contributed by atoms with Crippen LogP contribution in [0.5, 0.6) is 0 Å². The quantitative estimate of drug-likeness (QED) is 0.255. The number of hydrogen-bond donors (Lipinski definition) is 1. The smallest absolute Gasteiger partial charge is 0.213 e. The number of benzene rings is 1. The topological polar surface area (TPSA) is 41.0 Å². The van der Waals surface area contributed by atoms with Crippen LogP contribution in [0.25, 0.3) is 16.8 Å². The van der Waals surface area contributed by atoms with Crippen LogP contribution in [-0.4, -0.2) is 23.1 Å². The molecule has 3 aromatic rings. The van der Waals surface area contributed by atoms with Crippen LogP contribution in [0.3, 0.4) is 0 Å². The van der Waals surface area contributed by atoms with Crippen molar-refractivity contribution >= 4 is 17.1 Å². The number of hydrogen-bond acceptors (Lipinski definition) is 4. The van der Waals surface area contributed by atoms with Gasteiger partial charge in [0.15, 0.2) is 0 Å². The van der Waals surface area contributed by atoms with Crippen LogP contribution < -0.4 is 10.2 Å². The monoisotopic (exact) mass is 444 g/mol. The number of halogens is 1. The number of nitrogens with one attached hydrogen (secondary N) is 1. The highest BCUT2D eigenvalue weighted by atomic mass is 19.1. The lowest BCUT2D eigenvalue weighted by Crippen LogP contribution is -2.25. The summed E-state index contributed by atoms with van der Waals surface area (Å²) in [4.78, 5) is 10.8. The maximum atomic E-state index is 13.5. The summed E-state index contributed by atoms with van der Waals surface area (Å²) >= 11 is 0. The molecule has 0 radical (unpaired) electrons. The Kier molecular flexibility index (Phi) is 8.36. The largest absolute Gasteiger partial charge is 0.370 e. The van der Waals surface area contributed by atoms with Gasteiger partial charge in [-0.15, -0.1) is 6.58 Å². The van der Waals surface area contributed by atoms with Crippen molar-refractivity contribution in [1.29, 1.82) is 0 Å². The molecule has 2 aromatic heterocycles. The number of anilines is 2. The number of aromatic nitrogens is 2. The van der Waals surface area contributed by atoms with Crippen LogP contribution >= 0.6 is 0 Å². The van der Waals surface area contributed by atoms with Gasteiger partial charge >= 0.3 is 0 Å². The standard InChI is InChI=1S/C28H33FN4/c1-6-9-15-33(8-3)27-16-23(19-31-26(27)10-7-2)25-18-24(12-11-20(25)4)32-21(5)22-13-14-30-28(29)17-22/h6,11-14,16-19,32H,1,5,7-10,15H2,2-4H3. The second-order valence-corrected chi connectivity index (χ2v) is 8.10. The third-order valence-corrected chi connectivity index (χ3v) is 5.68. The summed E-state index contributed by atoms with van der Waals surface area (Å²) in [5.74, 6) is -0.525. The molecule has 0 aliphatic heterocycles. The second kappa shape index (κ2) is 11.4. The molecule has 0 amide bonds. The molecule has 2 heterocycles. The lowest BCUT2D eigenvalue weighted by molar-refractivity contribution is 0.583. The third kappa shape index (κ3) is 6.07. The van der Waals surface area contributed by atoms with E-state index < -0.39 is 5.95 Å². The Bertz CT molecular complexity index is 1120. The van der Waals surface area contributed by atoms with Crippen LogP contribution in [0.4, 0.5) is 15.8 Å². The first kappa shape index (κ1) is 24.2. The average Bonchev–Trinajstić information content (AvgIpc) is 2.82. The van der Waals surface area contributed by atoms with Gasteiger partial charge in [0, 0.05) is 54.1 Å². The predicted octanol–water partition coefficient (Wildman–Crippen LogP) is 7.03. The van der Waals surface area contributed by atoms with Crippen molar-refractivity contribution in [3.05, 3.63) is 90.8 Å². The van der Waals surface area contributed by atoms with E-state index in [2.05, 4.69) is 67.3 Å². The summed E-state index contributed by atoms with van der Waals surface area (Å²) in [7, 11) is 0. The van der Waals surface area contributed by atoms with Gasteiger partial charge in [0.05, 0.1) is 11.4 Å². The lowest BCUT2D eigenvalue weighted by atomic mass is 9.99. The van der Waals surface area contributed by atoms with E-state index in [1.807, 2.05) is 18.3 Å². The first-order valence-corrected chi connectivity index (χ1v) is 11.5. The summed E-state index contributed by atoms with van der Waals surface area (Å²) in [5.41, 5.74) is 7.82. The molecule has 1 aromatic carbocycles. The minimum atomic E-state index is -0.525. The van der Waals surface area contributed by atoms with Crippen molar-refractivity contribution in [1.82, 2.24) is 9.97 Å². The molecule has 4 nitrogen and oxygen atoms in total. The lowest BCUT2D eigenvalue weighted by Gasteiger charge is -2.25. The van der Waals surface area contributed by atoms with E-state index in [1.54, 1.807) is 6.07 Å². The van der Waals surface area contributed by atoms with E-state index >= 15 is 0 Å². The van der Waals surface area contributed by atoms with E-state index in [-0.39, 0.29) is 0 Å². The van der Waals surface area contributed by atoms with Crippen LogP contribution in [-0.2, 0) is 6.42 Å². The molecule has 0 bridgehead atoms. The number of rotatable bonds is 11. The zero-order valence-electron chi connectivity index (χ0n) is 19.9. The summed E-state index contributed by atoms with van der Waals surface area (Å²) in [5, 5.41) is 3.30.